The van der Waals surface area contributed by atoms with Gasteiger partial charge in [0.1, 0.15) is 5.69 Å². The molecule has 0 saturated heterocycles. The minimum Gasteiger partial charge on any atom is -0.397 e. The average molecular weight is 336 g/mol. The summed E-state index contributed by atoms with van der Waals surface area (Å²) < 4.78 is 1.55. The Morgan fingerprint density at radius 2 is 2.17 bits per heavy atom. The number of nitrogens with two attached hydrogens (primary N) is 1. The number of nitrogen functional groups attached to an aromatic ring is 1. The number of carbonyl (C=O) groups excluding carboxylic acids is 1. The van der Waals surface area contributed by atoms with Gasteiger partial charge in [0.2, 0.25) is 0 Å². The number of thiazole rings is 1. The lowest BCUT2D eigenvalue weighted by Crippen LogP contribution is -2.16. The first kappa shape index (κ1) is 14.3. The van der Waals surface area contributed by atoms with Gasteiger partial charge in [-0.25, -0.2) is 9.50 Å². The summed E-state index contributed by atoms with van der Waals surface area (Å²) in [5.41, 5.74) is 10.7. The SMILES string of the molecule is Nc1ccc(-c2cncs2)cc1NC(=O)c1ccc2nccn2n1. The van der Waals surface area contributed by atoms with Gasteiger partial charge in [-0.15, -0.1) is 11.3 Å². The van der Waals surface area contributed by atoms with E-state index in [0.29, 0.717) is 17.0 Å². The third kappa shape index (κ3) is 2.59. The second kappa shape index (κ2) is 5.74. The topological polar surface area (TPSA) is 98.2 Å². The van der Waals surface area contributed by atoms with Crippen LogP contribution in [-0.2, 0) is 0 Å². The van der Waals surface area contributed by atoms with E-state index in [1.54, 1.807) is 46.8 Å². The highest BCUT2D eigenvalue weighted by Crippen LogP contribution is 2.29. The van der Waals surface area contributed by atoms with E-state index in [-0.39, 0.29) is 11.6 Å². The number of rotatable bonds is 3. The van der Waals surface area contributed by atoms with E-state index >= 15 is 0 Å². The van der Waals surface area contributed by atoms with Crippen LogP contribution in [0.4, 0.5) is 11.4 Å². The molecule has 3 heterocycles. The molecule has 118 valence electrons. The normalized spacial score (nSPS) is 10.8. The fraction of sp³-hybridized carbons (Fsp3) is 0. The van der Waals surface area contributed by atoms with Crippen LogP contribution in [0.1, 0.15) is 10.5 Å². The van der Waals surface area contributed by atoms with E-state index in [2.05, 4.69) is 20.4 Å². The minimum absolute atomic E-state index is 0.281. The number of fused-ring (bicyclic) bond motifs is 1. The van der Waals surface area contributed by atoms with E-state index in [0.717, 1.165) is 10.4 Å². The molecule has 0 aliphatic heterocycles. The molecule has 3 aromatic heterocycles. The zero-order valence-electron chi connectivity index (χ0n) is 12.4. The number of benzene rings is 1. The Kier molecular flexibility index (Phi) is 3.43. The summed E-state index contributed by atoms with van der Waals surface area (Å²) in [6, 6.07) is 8.85. The number of carbonyl (C=O) groups is 1. The van der Waals surface area contributed by atoms with Crippen LogP contribution in [0.5, 0.6) is 0 Å². The zero-order valence-corrected chi connectivity index (χ0v) is 13.2. The molecule has 0 aliphatic rings. The zero-order chi connectivity index (χ0) is 16.5. The predicted octanol–water partition coefficient (Wildman–Crippen LogP) is 2.69. The maximum absolute atomic E-state index is 12.5. The van der Waals surface area contributed by atoms with Crippen molar-refractivity contribution in [1.29, 1.82) is 0 Å². The van der Waals surface area contributed by atoms with Crippen molar-refractivity contribution in [3.05, 3.63) is 60.1 Å². The summed E-state index contributed by atoms with van der Waals surface area (Å²) in [4.78, 5) is 21.6. The van der Waals surface area contributed by atoms with Crippen LogP contribution in [-0.4, -0.2) is 25.5 Å². The molecule has 4 aromatic rings. The minimum atomic E-state index is -0.334. The third-order valence-corrected chi connectivity index (χ3v) is 4.33. The van der Waals surface area contributed by atoms with Gasteiger partial charge in [-0.2, -0.15) is 5.10 Å². The molecule has 0 unspecified atom stereocenters. The number of nitrogens with one attached hydrogen (secondary N) is 1. The number of amides is 1. The Bertz CT molecular complexity index is 1020. The summed E-state index contributed by atoms with van der Waals surface area (Å²) in [6.45, 7) is 0. The van der Waals surface area contributed by atoms with Gasteiger partial charge >= 0.3 is 0 Å². The smallest absolute Gasteiger partial charge is 0.276 e. The maximum atomic E-state index is 12.5. The molecule has 24 heavy (non-hydrogen) atoms. The second-order valence-electron chi connectivity index (χ2n) is 5.07. The van der Waals surface area contributed by atoms with Crippen LogP contribution in [0.3, 0.4) is 0 Å². The van der Waals surface area contributed by atoms with E-state index in [4.69, 9.17) is 5.73 Å². The van der Waals surface area contributed by atoms with E-state index in [9.17, 15) is 4.79 Å². The van der Waals surface area contributed by atoms with Gasteiger partial charge in [0.15, 0.2) is 5.65 Å². The molecule has 0 aliphatic carbocycles. The van der Waals surface area contributed by atoms with Gasteiger partial charge in [-0.1, -0.05) is 6.07 Å². The lowest BCUT2D eigenvalue weighted by Gasteiger charge is -2.09. The molecule has 1 amide bonds. The summed E-state index contributed by atoms with van der Waals surface area (Å²) in [7, 11) is 0. The summed E-state index contributed by atoms with van der Waals surface area (Å²) in [6.07, 6.45) is 5.09. The molecule has 0 bridgehead atoms. The summed E-state index contributed by atoms with van der Waals surface area (Å²) in [5, 5.41) is 7.04. The molecule has 1 aromatic carbocycles. The predicted molar refractivity (Wildman–Crippen MR) is 92.9 cm³/mol. The molecule has 3 N–H and O–H groups in total. The van der Waals surface area contributed by atoms with Gasteiger partial charge < -0.3 is 11.1 Å². The van der Waals surface area contributed by atoms with Crippen molar-refractivity contribution < 1.29 is 4.79 Å². The van der Waals surface area contributed by atoms with Crippen LogP contribution in [0.2, 0.25) is 0 Å². The fourth-order valence-electron chi connectivity index (χ4n) is 2.30. The van der Waals surface area contributed by atoms with Crippen molar-refractivity contribution in [3.8, 4) is 10.4 Å². The van der Waals surface area contributed by atoms with Gasteiger partial charge in [-0.05, 0) is 29.8 Å². The molecule has 7 nitrogen and oxygen atoms in total. The fourth-order valence-corrected chi connectivity index (χ4v) is 2.92. The van der Waals surface area contributed by atoms with E-state index < -0.39 is 0 Å². The second-order valence-corrected chi connectivity index (χ2v) is 5.96. The van der Waals surface area contributed by atoms with Crippen molar-refractivity contribution >= 4 is 34.3 Å². The monoisotopic (exact) mass is 336 g/mol. The number of hydrogen-bond acceptors (Lipinski definition) is 6. The summed E-state index contributed by atoms with van der Waals surface area (Å²) >= 11 is 1.52. The van der Waals surface area contributed by atoms with Crippen molar-refractivity contribution in [2.75, 3.05) is 11.1 Å². The van der Waals surface area contributed by atoms with E-state index in [1.807, 2.05) is 12.1 Å². The molecule has 0 radical (unpaired) electrons. The standard InChI is InChI=1S/C16H12N6OS/c17-11-2-1-10(14-8-18-9-24-14)7-13(11)20-16(23)12-3-4-15-19-5-6-22(15)21-12/h1-9H,17H2,(H,20,23). The van der Waals surface area contributed by atoms with Crippen LogP contribution < -0.4 is 11.1 Å². The average Bonchev–Trinajstić information content (AvgIpc) is 3.27. The quantitative estimate of drug-likeness (QED) is 0.561. The number of hydrogen-bond donors (Lipinski definition) is 2. The lowest BCUT2D eigenvalue weighted by molar-refractivity contribution is 0.102. The van der Waals surface area contributed by atoms with Crippen LogP contribution in [0.25, 0.3) is 16.1 Å². The Labute approximate surface area is 140 Å². The van der Waals surface area contributed by atoms with Crippen LogP contribution in [0, 0.1) is 0 Å². The highest BCUT2D eigenvalue weighted by molar-refractivity contribution is 7.13. The molecule has 0 spiro atoms. The number of imidazole rings is 1. The molecule has 0 atom stereocenters. The maximum Gasteiger partial charge on any atom is 0.276 e. The molecule has 8 heteroatoms. The Balaban J connectivity index is 1.64. The Morgan fingerprint density at radius 3 is 3.00 bits per heavy atom. The van der Waals surface area contributed by atoms with Crippen LogP contribution in [0.15, 0.2) is 54.4 Å². The highest BCUT2D eigenvalue weighted by Gasteiger charge is 2.12. The Hall–Kier alpha value is -3.26. The molecular weight excluding hydrogens is 324 g/mol. The first-order valence-electron chi connectivity index (χ1n) is 7.11. The van der Waals surface area contributed by atoms with Crippen molar-refractivity contribution in [3.63, 3.8) is 0 Å². The highest BCUT2D eigenvalue weighted by atomic mass is 32.1. The van der Waals surface area contributed by atoms with E-state index in [1.165, 1.54) is 11.3 Å². The number of anilines is 2. The third-order valence-electron chi connectivity index (χ3n) is 3.51. The van der Waals surface area contributed by atoms with Gasteiger partial charge in [0, 0.05) is 18.6 Å². The first-order chi connectivity index (χ1) is 11.7. The summed E-state index contributed by atoms with van der Waals surface area (Å²) in [5.74, 6) is -0.334. The lowest BCUT2D eigenvalue weighted by atomic mass is 10.1. The van der Waals surface area contributed by atoms with Crippen molar-refractivity contribution in [2.24, 2.45) is 0 Å². The number of nitrogens with zero attached hydrogens (tertiary/aromatic N) is 4. The molecular formula is C16H12N6OS. The molecule has 4 rings (SSSR count). The largest absolute Gasteiger partial charge is 0.397 e. The van der Waals surface area contributed by atoms with Crippen molar-refractivity contribution in [1.82, 2.24) is 19.6 Å². The van der Waals surface area contributed by atoms with Gasteiger partial charge in [-0.3, -0.25) is 9.78 Å². The van der Waals surface area contributed by atoms with Crippen molar-refractivity contribution in [2.45, 2.75) is 0 Å². The Morgan fingerprint density at radius 1 is 1.25 bits per heavy atom. The molecule has 0 saturated carbocycles. The molecule has 0 fully saturated rings. The number of aromatic nitrogens is 4. The van der Waals surface area contributed by atoms with Gasteiger partial charge in [0.25, 0.3) is 5.91 Å². The first-order valence-corrected chi connectivity index (χ1v) is 7.99. The van der Waals surface area contributed by atoms with Crippen LogP contribution >= 0.6 is 11.3 Å². The van der Waals surface area contributed by atoms with Gasteiger partial charge in [0.05, 0.1) is 21.8 Å².